The fourth-order valence-corrected chi connectivity index (χ4v) is 2.64. The van der Waals surface area contributed by atoms with Gasteiger partial charge in [-0.3, -0.25) is 0 Å². The molecule has 0 saturated heterocycles. The molecule has 0 aliphatic carbocycles. The molecule has 0 bridgehead atoms. The van der Waals surface area contributed by atoms with Crippen molar-refractivity contribution in [2.24, 2.45) is 5.92 Å². The number of benzene rings is 2. The molecule has 0 N–H and O–H groups in total. The van der Waals surface area contributed by atoms with E-state index < -0.39 is 0 Å². The van der Waals surface area contributed by atoms with Gasteiger partial charge in [0.15, 0.2) is 0 Å². The van der Waals surface area contributed by atoms with E-state index in [0.717, 1.165) is 39.0 Å². The Morgan fingerprint density at radius 2 is 1.91 bits per heavy atom. The highest BCUT2D eigenvalue weighted by Gasteiger charge is 2.04. The highest BCUT2D eigenvalue weighted by atomic mass is 79.9. The van der Waals surface area contributed by atoms with Crippen molar-refractivity contribution in [3.8, 4) is 17.0 Å². The van der Waals surface area contributed by atoms with Crippen LogP contribution < -0.4 is 4.74 Å². The first-order chi connectivity index (χ1) is 10.6. The molecule has 2 nitrogen and oxygen atoms in total. The summed E-state index contributed by atoms with van der Waals surface area (Å²) in [4.78, 5) is 4.75. The summed E-state index contributed by atoms with van der Waals surface area (Å²) in [5.74, 6) is 1.41. The van der Waals surface area contributed by atoms with Gasteiger partial charge < -0.3 is 4.74 Å². The van der Waals surface area contributed by atoms with Gasteiger partial charge in [-0.1, -0.05) is 48.0 Å². The zero-order valence-electron chi connectivity index (χ0n) is 12.7. The van der Waals surface area contributed by atoms with Gasteiger partial charge in [-0.2, -0.15) is 0 Å². The number of pyridine rings is 1. The van der Waals surface area contributed by atoms with Gasteiger partial charge in [0, 0.05) is 15.4 Å². The van der Waals surface area contributed by atoms with E-state index in [1.54, 1.807) is 0 Å². The van der Waals surface area contributed by atoms with Crippen LogP contribution in [0.4, 0.5) is 0 Å². The minimum absolute atomic E-state index is 0.515. The molecule has 0 amide bonds. The fraction of sp³-hybridized carbons (Fsp3) is 0.211. The Morgan fingerprint density at radius 3 is 2.73 bits per heavy atom. The van der Waals surface area contributed by atoms with Crippen molar-refractivity contribution in [2.45, 2.75) is 13.8 Å². The predicted octanol–water partition coefficient (Wildman–Crippen LogP) is 5.70. The van der Waals surface area contributed by atoms with Crippen LogP contribution in [0, 0.1) is 5.92 Å². The first-order valence-electron chi connectivity index (χ1n) is 7.41. The number of fused-ring (bicyclic) bond motifs is 1. The third-order valence-corrected chi connectivity index (χ3v) is 3.86. The van der Waals surface area contributed by atoms with E-state index in [1.165, 1.54) is 0 Å². The average molecular weight is 356 g/mol. The van der Waals surface area contributed by atoms with E-state index in [2.05, 4.69) is 60.1 Å². The summed E-state index contributed by atoms with van der Waals surface area (Å²) in [5.41, 5.74) is 3.03. The van der Waals surface area contributed by atoms with E-state index in [-0.39, 0.29) is 0 Å². The van der Waals surface area contributed by atoms with Crippen molar-refractivity contribution in [3.63, 3.8) is 0 Å². The lowest BCUT2D eigenvalue weighted by Gasteiger charge is -2.10. The summed E-state index contributed by atoms with van der Waals surface area (Å²) < 4.78 is 6.87. The van der Waals surface area contributed by atoms with Gasteiger partial charge in [0.1, 0.15) is 5.75 Å². The molecule has 0 aliphatic rings. The molecule has 0 fully saturated rings. The number of hydrogen-bond donors (Lipinski definition) is 0. The quantitative estimate of drug-likeness (QED) is 0.598. The highest BCUT2D eigenvalue weighted by molar-refractivity contribution is 9.10. The lowest BCUT2D eigenvalue weighted by atomic mass is 10.1. The maximum atomic E-state index is 5.80. The molecular weight excluding hydrogens is 338 g/mol. The minimum atomic E-state index is 0.515. The second-order valence-electron chi connectivity index (χ2n) is 5.77. The number of aromatic nitrogens is 1. The van der Waals surface area contributed by atoms with E-state index >= 15 is 0 Å². The van der Waals surface area contributed by atoms with Crippen LogP contribution in [0.1, 0.15) is 13.8 Å². The molecule has 3 rings (SSSR count). The van der Waals surface area contributed by atoms with Crippen LogP contribution >= 0.6 is 15.9 Å². The minimum Gasteiger partial charge on any atom is -0.493 e. The summed E-state index contributed by atoms with van der Waals surface area (Å²) in [6, 6.07) is 18.4. The van der Waals surface area contributed by atoms with E-state index in [0.29, 0.717) is 5.92 Å². The Kier molecular flexibility index (Phi) is 4.44. The second kappa shape index (κ2) is 6.49. The topological polar surface area (TPSA) is 22.1 Å². The van der Waals surface area contributed by atoms with Gasteiger partial charge in [0.05, 0.1) is 17.8 Å². The molecule has 22 heavy (non-hydrogen) atoms. The van der Waals surface area contributed by atoms with Gasteiger partial charge >= 0.3 is 0 Å². The summed E-state index contributed by atoms with van der Waals surface area (Å²) in [6.07, 6.45) is 0. The Hall–Kier alpha value is -1.87. The first kappa shape index (κ1) is 15.0. The molecule has 0 radical (unpaired) electrons. The zero-order chi connectivity index (χ0) is 15.5. The average Bonchev–Trinajstić information content (AvgIpc) is 2.52. The Morgan fingerprint density at radius 1 is 1.05 bits per heavy atom. The number of nitrogens with zero attached hydrogens (tertiary/aromatic N) is 1. The van der Waals surface area contributed by atoms with Crippen LogP contribution in [-0.2, 0) is 0 Å². The first-order valence-corrected chi connectivity index (χ1v) is 8.21. The molecule has 3 aromatic rings. The SMILES string of the molecule is CC(C)COc1cccc(-c2ccc3cc(Br)ccc3n2)c1. The van der Waals surface area contributed by atoms with Crippen molar-refractivity contribution in [1.82, 2.24) is 4.98 Å². The molecule has 112 valence electrons. The van der Waals surface area contributed by atoms with Crippen LogP contribution in [0.5, 0.6) is 5.75 Å². The van der Waals surface area contributed by atoms with E-state index in [9.17, 15) is 0 Å². The molecule has 0 spiro atoms. The largest absolute Gasteiger partial charge is 0.493 e. The van der Waals surface area contributed by atoms with Crippen molar-refractivity contribution >= 4 is 26.8 Å². The van der Waals surface area contributed by atoms with E-state index in [1.807, 2.05) is 24.3 Å². The summed E-state index contributed by atoms with van der Waals surface area (Å²) >= 11 is 3.49. The lowest BCUT2D eigenvalue weighted by molar-refractivity contribution is 0.271. The molecule has 0 unspecified atom stereocenters. The molecule has 1 aromatic heterocycles. The van der Waals surface area contributed by atoms with Crippen molar-refractivity contribution < 1.29 is 4.74 Å². The van der Waals surface area contributed by atoms with Gasteiger partial charge in [0.2, 0.25) is 0 Å². The smallest absolute Gasteiger partial charge is 0.119 e. The molecular formula is C19H18BrNO. The van der Waals surface area contributed by atoms with Crippen LogP contribution in [0.25, 0.3) is 22.2 Å². The van der Waals surface area contributed by atoms with E-state index in [4.69, 9.17) is 9.72 Å². The summed E-state index contributed by atoms with van der Waals surface area (Å²) in [6.45, 7) is 5.02. The predicted molar refractivity (Wildman–Crippen MR) is 95.2 cm³/mol. The fourth-order valence-electron chi connectivity index (χ4n) is 2.27. The number of rotatable bonds is 4. The van der Waals surface area contributed by atoms with Gasteiger partial charge in [-0.15, -0.1) is 0 Å². The highest BCUT2D eigenvalue weighted by Crippen LogP contribution is 2.26. The maximum absolute atomic E-state index is 5.80. The van der Waals surface area contributed by atoms with Crippen molar-refractivity contribution in [3.05, 3.63) is 59.1 Å². The van der Waals surface area contributed by atoms with Crippen molar-refractivity contribution in [1.29, 1.82) is 0 Å². The normalized spacial score (nSPS) is 11.1. The molecule has 0 saturated carbocycles. The third-order valence-electron chi connectivity index (χ3n) is 3.36. The summed E-state index contributed by atoms with van der Waals surface area (Å²) in [5, 5.41) is 1.13. The second-order valence-corrected chi connectivity index (χ2v) is 6.68. The Balaban J connectivity index is 1.93. The van der Waals surface area contributed by atoms with Gasteiger partial charge in [-0.05, 0) is 42.3 Å². The van der Waals surface area contributed by atoms with Crippen molar-refractivity contribution in [2.75, 3.05) is 6.61 Å². The number of halogens is 1. The van der Waals surface area contributed by atoms with Gasteiger partial charge in [0.25, 0.3) is 0 Å². The van der Waals surface area contributed by atoms with Crippen LogP contribution in [-0.4, -0.2) is 11.6 Å². The Bertz CT molecular complexity index is 798. The zero-order valence-corrected chi connectivity index (χ0v) is 14.3. The van der Waals surface area contributed by atoms with Crippen LogP contribution in [0.3, 0.4) is 0 Å². The summed E-state index contributed by atoms with van der Waals surface area (Å²) in [7, 11) is 0. The van der Waals surface area contributed by atoms with Gasteiger partial charge in [-0.25, -0.2) is 4.98 Å². The maximum Gasteiger partial charge on any atom is 0.119 e. The molecule has 2 aromatic carbocycles. The molecule has 3 heteroatoms. The molecule has 0 atom stereocenters. The van der Waals surface area contributed by atoms with Crippen LogP contribution in [0.2, 0.25) is 0 Å². The molecule has 0 aliphatic heterocycles. The van der Waals surface area contributed by atoms with Crippen LogP contribution in [0.15, 0.2) is 59.1 Å². The Labute approximate surface area is 139 Å². The third kappa shape index (κ3) is 3.47. The number of hydrogen-bond acceptors (Lipinski definition) is 2. The number of ether oxygens (including phenoxy) is 1. The molecule has 1 heterocycles. The standard InChI is InChI=1S/C19H18BrNO/c1-13(2)12-22-17-5-3-4-14(11-17)18-8-6-15-10-16(20)7-9-19(15)21-18/h3-11,13H,12H2,1-2H3. The lowest BCUT2D eigenvalue weighted by Crippen LogP contribution is -2.04. The monoisotopic (exact) mass is 355 g/mol.